The van der Waals surface area contributed by atoms with Crippen LogP contribution in [0.15, 0.2) is 36.5 Å². The number of aryl methyl sites for hydroxylation is 1. The van der Waals surface area contributed by atoms with Gasteiger partial charge in [-0.05, 0) is 24.7 Å². The number of nitrogens with one attached hydrogen (secondary N) is 1. The zero-order valence-corrected chi connectivity index (χ0v) is 11.3. The van der Waals surface area contributed by atoms with Crippen LogP contribution in [-0.4, -0.2) is 29.0 Å². The van der Waals surface area contributed by atoms with E-state index in [1.54, 1.807) is 0 Å². The molecular formula is C15H19N3O. The number of aromatic nitrogens is 2. The monoisotopic (exact) mass is 257 g/mol. The van der Waals surface area contributed by atoms with E-state index in [-0.39, 0.29) is 12.1 Å². The van der Waals surface area contributed by atoms with Gasteiger partial charge in [0.2, 0.25) is 0 Å². The van der Waals surface area contributed by atoms with E-state index >= 15 is 0 Å². The van der Waals surface area contributed by atoms with E-state index in [0.717, 1.165) is 24.3 Å². The Labute approximate surface area is 113 Å². The minimum Gasteiger partial charge on any atom is -0.488 e. The topological polar surface area (TPSA) is 39.1 Å². The Bertz CT molecular complexity index is 539. The number of ether oxygens (including phenoxy) is 1. The molecule has 2 unspecified atom stereocenters. The molecule has 0 spiro atoms. The molecule has 0 fully saturated rings. The van der Waals surface area contributed by atoms with Gasteiger partial charge in [0, 0.05) is 32.1 Å². The molecule has 19 heavy (non-hydrogen) atoms. The van der Waals surface area contributed by atoms with Crippen LogP contribution in [0.3, 0.4) is 0 Å². The van der Waals surface area contributed by atoms with Crippen molar-refractivity contribution >= 4 is 0 Å². The molecule has 1 aliphatic heterocycles. The summed E-state index contributed by atoms with van der Waals surface area (Å²) in [4.78, 5) is 0. The number of rotatable bonds is 4. The van der Waals surface area contributed by atoms with Crippen LogP contribution >= 0.6 is 0 Å². The third-order valence-corrected chi connectivity index (χ3v) is 3.69. The molecule has 4 heteroatoms. The summed E-state index contributed by atoms with van der Waals surface area (Å²) in [5, 5.41) is 7.80. The van der Waals surface area contributed by atoms with Crippen LogP contribution in [0.25, 0.3) is 0 Å². The van der Waals surface area contributed by atoms with E-state index in [0.29, 0.717) is 0 Å². The van der Waals surface area contributed by atoms with Crippen molar-refractivity contribution in [1.82, 2.24) is 15.1 Å². The van der Waals surface area contributed by atoms with Gasteiger partial charge in [0.15, 0.2) is 0 Å². The number of likely N-dealkylation sites (N-methyl/N-ethyl adjacent to an activating group) is 1. The van der Waals surface area contributed by atoms with Gasteiger partial charge in [-0.2, -0.15) is 5.10 Å². The SMILES string of the molecule is CNC(Cc1ccn(C)n1)C1Cc2ccccc2O1. The van der Waals surface area contributed by atoms with Gasteiger partial charge < -0.3 is 10.1 Å². The van der Waals surface area contributed by atoms with Gasteiger partial charge in [0.25, 0.3) is 0 Å². The van der Waals surface area contributed by atoms with E-state index in [1.807, 2.05) is 37.1 Å². The molecule has 0 saturated carbocycles. The highest BCUT2D eigenvalue weighted by Gasteiger charge is 2.29. The third-order valence-electron chi connectivity index (χ3n) is 3.69. The first-order chi connectivity index (χ1) is 9.26. The van der Waals surface area contributed by atoms with E-state index in [4.69, 9.17) is 4.74 Å². The van der Waals surface area contributed by atoms with Crippen molar-refractivity contribution in [2.45, 2.75) is 25.0 Å². The maximum absolute atomic E-state index is 6.04. The number of hydrogen-bond donors (Lipinski definition) is 1. The van der Waals surface area contributed by atoms with Crippen molar-refractivity contribution in [2.75, 3.05) is 7.05 Å². The van der Waals surface area contributed by atoms with E-state index in [1.165, 1.54) is 5.56 Å². The molecule has 1 aromatic heterocycles. The molecule has 2 atom stereocenters. The summed E-state index contributed by atoms with van der Waals surface area (Å²) in [5.74, 6) is 1.02. The van der Waals surface area contributed by atoms with Crippen molar-refractivity contribution in [3.63, 3.8) is 0 Å². The fraction of sp³-hybridized carbons (Fsp3) is 0.400. The third kappa shape index (κ3) is 2.49. The van der Waals surface area contributed by atoms with Crippen LogP contribution in [0.4, 0.5) is 0 Å². The molecule has 0 saturated heterocycles. The van der Waals surface area contributed by atoms with Crippen LogP contribution in [0.1, 0.15) is 11.3 Å². The number of hydrogen-bond acceptors (Lipinski definition) is 3. The second-order valence-corrected chi connectivity index (χ2v) is 5.05. The van der Waals surface area contributed by atoms with Crippen LogP contribution in [0.2, 0.25) is 0 Å². The molecule has 3 rings (SSSR count). The Balaban J connectivity index is 1.71. The predicted octanol–water partition coefficient (Wildman–Crippen LogP) is 1.55. The highest BCUT2D eigenvalue weighted by molar-refractivity contribution is 5.37. The van der Waals surface area contributed by atoms with E-state index < -0.39 is 0 Å². The number of benzene rings is 1. The summed E-state index contributed by atoms with van der Waals surface area (Å²) in [6, 6.07) is 10.6. The molecule has 1 aromatic carbocycles. The first-order valence-electron chi connectivity index (χ1n) is 6.66. The lowest BCUT2D eigenvalue weighted by Gasteiger charge is -2.22. The summed E-state index contributed by atoms with van der Waals surface area (Å²) in [6.07, 6.45) is 4.01. The van der Waals surface area contributed by atoms with Crippen molar-refractivity contribution in [3.05, 3.63) is 47.8 Å². The van der Waals surface area contributed by atoms with Gasteiger partial charge in [0.05, 0.1) is 5.69 Å². The first kappa shape index (κ1) is 12.2. The predicted molar refractivity (Wildman–Crippen MR) is 74.3 cm³/mol. The number of nitrogens with zero attached hydrogens (tertiary/aromatic N) is 2. The second kappa shape index (κ2) is 5.05. The Hall–Kier alpha value is -1.81. The smallest absolute Gasteiger partial charge is 0.123 e. The quantitative estimate of drug-likeness (QED) is 0.903. The fourth-order valence-electron chi connectivity index (χ4n) is 2.65. The van der Waals surface area contributed by atoms with Crippen molar-refractivity contribution in [2.24, 2.45) is 7.05 Å². The highest BCUT2D eigenvalue weighted by atomic mass is 16.5. The highest BCUT2D eigenvalue weighted by Crippen LogP contribution is 2.30. The standard InChI is InChI=1S/C15H19N3O/c1-16-13(10-12-7-8-18(2)17-12)15-9-11-5-3-4-6-14(11)19-15/h3-8,13,15-16H,9-10H2,1-2H3. The Morgan fingerprint density at radius 2 is 2.26 bits per heavy atom. The Morgan fingerprint density at radius 3 is 2.95 bits per heavy atom. The van der Waals surface area contributed by atoms with Crippen LogP contribution in [0, 0.1) is 0 Å². The van der Waals surface area contributed by atoms with E-state index in [9.17, 15) is 0 Å². The molecule has 1 aliphatic rings. The molecule has 4 nitrogen and oxygen atoms in total. The zero-order chi connectivity index (χ0) is 13.2. The zero-order valence-electron chi connectivity index (χ0n) is 11.3. The van der Waals surface area contributed by atoms with Gasteiger partial charge in [-0.15, -0.1) is 0 Å². The molecule has 2 aromatic rings. The molecule has 1 N–H and O–H groups in total. The molecule has 0 amide bonds. The summed E-state index contributed by atoms with van der Waals surface area (Å²) in [6.45, 7) is 0. The summed E-state index contributed by atoms with van der Waals surface area (Å²) >= 11 is 0. The average Bonchev–Trinajstić information content (AvgIpc) is 3.01. The van der Waals surface area contributed by atoms with Crippen molar-refractivity contribution in [1.29, 1.82) is 0 Å². The normalized spacial score (nSPS) is 18.9. The summed E-state index contributed by atoms with van der Waals surface area (Å²) < 4.78 is 7.88. The Morgan fingerprint density at radius 1 is 1.42 bits per heavy atom. The molecule has 100 valence electrons. The van der Waals surface area contributed by atoms with Crippen LogP contribution < -0.4 is 10.1 Å². The molecule has 2 heterocycles. The lowest BCUT2D eigenvalue weighted by Crippen LogP contribution is -2.42. The van der Waals surface area contributed by atoms with E-state index in [2.05, 4.69) is 28.6 Å². The molecule has 0 radical (unpaired) electrons. The van der Waals surface area contributed by atoms with Gasteiger partial charge in [0.1, 0.15) is 11.9 Å². The van der Waals surface area contributed by atoms with Gasteiger partial charge in [-0.3, -0.25) is 4.68 Å². The molecular weight excluding hydrogens is 238 g/mol. The maximum atomic E-state index is 6.04. The van der Waals surface area contributed by atoms with Crippen molar-refractivity contribution in [3.8, 4) is 5.75 Å². The average molecular weight is 257 g/mol. The number of para-hydroxylation sites is 1. The number of fused-ring (bicyclic) bond motifs is 1. The maximum Gasteiger partial charge on any atom is 0.123 e. The molecule has 0 aliphatic carbocycles. The lowest BCUT2D eigenvalue weighted by atomic mass is 10.0. The first-order valence-corrected chi connectivity index (χ1v) is 6.66. The van der Waals surface area contributed by atoms with Crippen LogP contribution in [0.5, 0.6) is 5.75 Å². The summed E-state index contributed by atoms with van der Waals surface area (Å²) in [5.41, 5.74) is 2.40. The Kier molecular flexibility index (Phi) is 3.25. The van der Waals surface area contributed by atoms with Crippen LogP contribution in [-0.2, 0) is 19.9 Å². The minimum atomic E-state index is 0.185. The van der Waals surface area contributed by atoms with Crippen molar-refractivity contribution < 1.29 is 4.74 Å². The summed E-state index contributed by atoms with van der Waals surface area (Å²) in [7, 11) is 3.93. The second-order valence-electron chi connectivity index (χ2n) is 5.05. The lowest BCUT2D eigenvalue weighted by molar-refractivity contribution is 0.181. The molecule has 0 bridgehead atoms. The van der Waals surface area contributed by atoms with Gasteiger partial charge in [-0.1, -0.05) is 18.2 Å². The largest absolute Gasteiger partial charge is 0.488 e. The minimum absolute atomic E-state index is 0.185. The fourth-order valence-corrected chi connectivity index (χ4v) is 2.65. The van der Waals surface area contributed by atoms with Gasteiger partial charge in [-0.25, -0.2) is 0 Å². The van der Waals surface area contributed by atoms with Gasteiger partial charge >= 0.3 is 0 Å².